The fourth-order valence-electron chi connectivity index (χ4n) is 2.59. The molecule has 20 heavy (non-hydrogen) atoms. The molecular formula is C14H23N3O2S. The van der Waals surface area contributed by atoms with Crippen molar-refractivity contribution in [2.75, 3.05) is 24.2 Å². The largest absolute Gasteiger partial charge is 0.351 e. The Kier molecular flexibility index (Phi) is 4.65. The number of aromatic nitrogens is 1. The first-order valence-corrected chi connectivity index (χ1v) is 8.94. The van der Waals surface area contributed by atoms with Gasteiger partial charge in [-0.05, 0) is 25.0 Å². The van der Waals surface area contributed by atoms with Crippen molar-refractivity contribution in [1.82, 2.24) is 10.3 Å². The molecule has 5 nitrogen and oxygen atoms in total. The summed E-state index contributed by atoms with van der Waals surface area (Å²) in [5.74, 6) is 0.600. The van der Waals surface area contributed by atoms with Gasteiger partial charge in [0.05, 0.1) is 0 Å². The van der Waals surface area contributed by atoms with Gasteiger partial charge >= 0.3 is 0 Å². The van der Waals surface area contributed by atoms with Crippen molar-refractivity contribution in [3.63, 3.8) is 0 Å². The highest BCUT2D eigenvalue weighted by Gasteiger charge is 2.29. The number of hydrogen-bond acceptors (Lipinski definition) is 5. The summed E-state index contributed by atoms with van der Waals surface area (Å²) < 4.78 is 23.8. The van der Waals surface area contributed by atoms with Gasteiger partial charge in [0, 0.05) is 37.6 Å². The van der Waals surface area contributed by atoms with Crippen molar-refractivity contribution in [1.29, 1.82) is 0 Å². The molecule has 0 bridgehead atoms. The number of nitrogens with one attached hydrogen (secondary N) is 1. The summed E-state index contributed by atoms with van der Waals surface area (Å²) in [6, 6.07) is 4.06. The molecule has 112 valence electrons. The molecule has 1 saturated heterocycles. The highest BCUT2D eigenvalue weighted by atomic mass is 32.2. The highest BCUT2D eigenvalue weighted by Crippen LogP contribution is 2.29. The number of nitrogens with zero attached hydrogens (tertiary/aromatic N) is 2. The Hall–Kier alpha value is -1.14. The van der Waals surface area contributed by atoms with Gasteiger partial charge in [-0.15, -0.1) is 0 Å². The SMILES string of the molecule is CC(C)NCC1CCCN1c1ncccc1S(C)(=O)=O. The van der Waals surface area contributed by atoms with Gasteiger partial charge in [0.15, 0.2) is 9.84 Å². The molecule has 1 N–H and O–H groups in total. The zero-order valence-electron chi connectivity index (χ0n) is 12.3. The molecule has 1 aromatic heterocycles. The van der Waals surface area contributed by atoms with Gasteiger partial charge in [-0.3, -0.25) is 0 Å². The van der Waals surface area contributed by atoms with Crippen molar-refractivity contribution < 1.29 is 8.42 Å². The first-order valence-electron chi connectivity index (χ1n) is 7.04. The van der Waals surface area contributed by atoms with Gasteiger partial charge in [0.2, 0.25) is 0 Å². The van der Waals surface area contributed by atoms with Crippen LogP contribution in [0.1, 0.15) is 26.7 Å². The molecule has 0 aliphatic carbocycles. The monoisotopic (exact) mass is 297 g/mol. The molecule has 1 fully saturated rings. The van der Waals surface area contributed by atoms with Crippen molar-refractivity contribution >= 4 is 15.7 Å². The molecule has 6 heteroatoms. The number of pyridine rings is 1. The first kappa shape index (κ1) is 15.3. The maximum Gasteiger partial charge on any atom is 0.179 e. The Morgan fingerprint density at radius 3 is 2.90 bits per heavy atom. The lowest BCUT2D eigenvalue weighted by Crippen LogP contribution is -2.41. The third kappa shape index (κ3) is 3.49. The predicted octanol–water partition coefficient (Wildman–Crippen LogP) is 1.45. The highest BCUT2D eigenvalue weighted by molar-refractivity contribution is 7.90. The van der Waals surface area contributed by atoms with E-state index in [1.165, 1.54) is 6.26 Å². The lowest BCUT2D eigenvalue weighted by molar-refractivity contribution is 0.521. The molecule has 1 aromatic rings. The fourth-order valence-corrected chi connectivity index (χ4v) is 3.41. The minimum Gasteiger partial charge on any atom is -0.351 e. The molecule has 2 rings (SSSR count). The lowest BCUT2D eigenvalue weighted by Gasteiger charge is -2.28. The zero-order chi connectivity index (χ0) is 14.8. The molecular weight excluding hydrogens is 274 g/mol. The molecule has 0 amide bonds. The minimum atomic E-state index is -3.25. The van der Waals surface area contributed by atoms with Crippen LogP contribution in [0, 0.1) is 0 Å². The summed E-state index contributed by atoms with van der Waals surface area (Å²) in [7, 11) is -3.25. The molecule has 1 atom stereocenters. The quantitative estimate of drug-likeness (QED) is 0.891. The van der Waals surface area contributed by atoms with E-state index in [1.807, 2.05) is 0 Å². The van der Waals surface area contributed by atoms with Gasteiger partial charge in [-0.1, -0.05) is 13.8 Å². The fraction of sp³-hybridized carbons (Fsp3) is 0.643. The van der Waals surface area contributed by atoms with Gasteiger partial charge in [0.25, 0.3) is 0 Å². The molecule has 1 unspecified atom stereocenters. The van der Waals surface area contributed by atoms with E-state index >= 15 is 0 Å². The summed E-state index contributed by atoms with van der Waals surface area (Å²) >= 11 is 0. The normalized spacial score (nSPS) is 19.8. The van der Waals surface area contributed by atoms with Gasteiger partial charge in [-0.25, -0.2) is 13.4 Å². The Morgan fingerprint density at radius 1 is 1.50 bits per heavy atom. The van der Waals surface area contributed by atoms with Gasteiger partial charge in [-0.2, -0.15) is 0 Å². The second kappa shape index (κ2) is 6.10. The number of anilines is 1. The van der Waals surface area contributed by atoms with Crippen LogP contribution in [0.5, 0.6) is 0 Å². The molecule has 0 radical (unpaired) electrons. The van der Waals surface area contributed by atoms with Crippen LogP contribution in [0.4, 0.5) is 5.82 Å². The lowest BCUT2D eigenvalue weighted by atomic mass is 10.2. The average Bonchev–Trinajstić information content (AvgIpc) is 2.83. The summed E-state index contributed by atoms with van der Waals surface area (Å²) in [5.41, 5.74) is 0. The van der Waals surface area contributed by atoms with Crippen molar-refractivity contribution in [2.45, 2.75) is 43.7 Å². The summed E-state index contributed by atoms with van der Waals surface area (Å²) in [6.45, 7) is 5.95. The van der Waals surface area contributed by atoms with Gasteiger partial charge < -0.3 is 10.2 Å². The van der Waals surface area contributed by atoms with Crippen LogP contribution in [-0.2, 0) is 9.84 Å². The average molecular weight is 297 g/mol. The van der Waals surface area contributed by atoms with E-state index in [1.54, 1.807) is 18.3 Å². The van der Waals surface area contributed by atoms with E-state index in [9.17, 15) is 8.42 Å². The van der Waals surface area contributed by atoms with Crippen molar-refractivity contribution in [2.24, 2.45) is 0 Å². The maximum atomic E-state index is 11.9. The van der Waals surface area contributed by atoms with Crippen LogP contribution in [-0.4, -0.2) is 44.8 Å². The molecule has 2 heterocycles. The number of hydrogen-bond donors (Lipinski definition) is 1. The third-order valence-electron chi connectivity index (χ3n) is 3.56. The molecule has 0 aromatic carbocycles. The second-order valence-corrected chi connectivity index (χ2v) is 7.63. The second-order valence-electron chi connectivity index (χ2n) is 5.65. The van der Waals surface area contributed by atoms with E-state index in [0.29, 0.717) is 22.8 Å². The molecule has 1 aliphatic rings. The van der Waals surface area contributed by atoms with E-state index in [4.69, 9.17) is 0 Å². The molecule has 0 saturated carbocycles. The molecule has 0 spiro atoms. The number of sulfone groups is 1. The van der Waals surface area contributed by atoms with Crippen molar-refractivity contribution in [3.05, 3.63) is 18.3 Å². The summed E-state index contributed by atoms with van der Waals surface area (Å²) in [6.07, 6.45) is 5.05. The van der Waals surface area contributed by atoms with Crippen LogP contribution >= 0.6 is 0 Å². The van der Waals surface area contributed by atoms with Crippen LogP contribution in [0.25, 0.3) is 0 Å². The van der Waals surface area contributed by atoms with Crippen molar-refractivity contribution in [3.8, 4) is 0 Å². The topological polar surface area (TPSA) is 62.3 Å². The Balaban J connectivity index is 2.26. The summed E-state index contributed by atoms with van der Waals surface area (Å²) in [4.78, 5) is 6.78. The smallest absolute Gasteiger partial charge is 0.179 e. The first-order chi connectivity index (χ1) is 9.39. The predicted molar refractivity (Wildman–Crippen MR) is 80.9 cm³/mol. The Bertz CT molecular complexity index is 557. The van der Waals surface area contributed by atoms with E-state index < -0.39 is 9.84 Å². The van der Waals surface area contributed by atoms with Gasteiger partial charge in [0.1, 0.15) is 10.7 Å². The van der Waals surface area contributed by atoms with Crippen LogP contribution in [0.3, 0.4) is 0 Å². The van der Waals surface area contributed by atoms with Crippen LogP contribution < -0.4 is 10.2 Å². The van der Waals surface area contributed by atoms with E-state index in [2.05, 4.69) is 29.0 Å². The maximum absolute atomic E-state index is 11.9. The summed E-state index contributed by atoms with van der Waals surface area (Å²) in [5, 5.41) is 3.43. The minimum absolute atomic E-state index is 0.313. The Morgan fingerprint density at radius 2 is 2.25 bits per heavy atom. The number of rotatable bonds is 5. The Labute approximate surface area is 121 Å². The third-order valence-corrected chi connectivity index (χ3v) is 4.68. The molecule has 1 aliphatic heterocycles. The zero-order valence-corrected chi connectivity index (χ0v) is 13.2. The van der Waals surface area contributed by atoms with E-state index in [0.717, 1.165) is 25.9 Å². The standard InChI is InChI=1S/C14H23N3O2S/c1-11(2)16-10-12-6-5-9-17(12)14-13(20(3,18)19)7-4-8-15-14/h4,7-8,11-12,16H,5-6,9-10H2,1-3H3. The van der Waals surface area contributed by atoms with Crippen LogP contribution in [0.15, 0.2) is 23.2 Å². The van der Waals surface area contributed by atoms with Crippen LogP contribution in [0.2, 0.25) is 0 Å². The van der Waals surface area contributed by atoms with E-state index in [-0.39, 0.29) is 0 Å².